The van der Waals surface area contributed by atoms with E-state index in [4.69, 9.17) is 5.73 Å². The lowest BCUT2D eigenvalue weighted by atomic mass is 9.87. The number of rotatable bonds is 3. The van der Waals surface area contributed by atoms with E-state index in [-0.39, 0.29) is 12.1 Å². The van der Waals surface area contributed by atoms with E-state index >= 15 is 0 Å². The predicted molar refractivity (Wildman–Crippen MR) is 83.3 cm³/mol. The van der Waals surface area contributed by atoms with Crippen molar-refractivity contribution in [3.8, 4) is 0 Å². The zero-order chi connectivity index (χ0) is 15.4. The molecule has 0 aliphatic heterocycles. The van der Waals surface area contributed by atoms with Crippen molar-refractivity contribution in [3.63, 3.8) is 0 Å². The number of carbonyl (C=O) groups is 2. The largest absolute Gasteiger partial charge is 0.366 e. The number of primary amides is 1. The van der Waals surface area contributed by atoms with Gasteiger partial charge in [0.1, 0.15) is 0 Å². The number of amides is 3. The molecule has 1 fully saturated rings. The van der Waals surface area contributed by atoms with Gasteiger partial charge >= 0.3 is 6.03 Å². The van der Waals surface area contributed by atoms with E-state index in [1.165, 1.54) is 0 Å². The summed E-state index contributed by atoms with van der Waals surface area (Å²) in [6.45, 7) is 4.02. The third-order valence-corrected chi connectivity index (χ3v) is 4.20. The molecule has 0 heterocycles. The summed E-state index contributed by atoms with van der Waals surface area (Å²) in [6, 6.07) is 5.15. The van der Waals surface area contributed by atoms with Crippen molar-refractivity contribution in [1.82, 2.24) is 5.32 Å². The van der Waals surface area contributed by atoms with Crippen LogP contribution in [0.15, 0.2) is 18.2 Å². The van der Waals surface area contributed by atoms with E-state index < -0.39 is 5.91 Å². The van der Waals surface area contributed by atoms with Gasteiger partial charge in [-0.25, -0.2) is 4.79 Å². The van der Waals surface area contributed by atoms with Crippen LogP contribution in [-0.4, -0.2) is 18.0 Å². The zero-order valence-electron chi connectivity index (χ0n) is 12.6. The summed E-state index contributed by atoms with van der Waals surface area (Å²) in [5.74, 6) is 0.262. The van der Waals surface area contributed by atoms with Crippen LogP contribution in [0.4, 0.5) is 10.5 Å². The maximum absolute atomic E-state index is 12.1. The van der Waals surface area contributed by atoms with Crippen LogP contribution in [0.3, 0.4) is 0 Å². The maximum Gasteiger partial charge on any atom is 0.319 e. The Morgan fingerprint density at radius 3 is 2.48 bits per heavy atom. The lowest BCUT2D eigenvalue weighted by Crippen LogP contribution is -2.40. The van der Waals surface area contributed by atoms with Crippen LogP contribution in [0.25, 0.3) is 0 Å². The Balaban J connectivity index is 1.97. The van der Waals surface area contributed by atoms with Crippen molar-refractivity contribution < 1.29 is 9.59 Å². The Bertz CT molecular complexity index is 534. The van der Waals surface area contributed by atoms with Crippen LogP contribution >= 0.6 is 0 Å². The fourth-order valence-electron chi connectivity index (χ4n) is 2.79. The summed E-state index contributed by atoms with van der Waals surface area (Å²) in [4.78, 5) is 23.4. The van der Waals surface area contributed by atoms with Gasteiger partial charge in [0.25, 0.3) is 0 Å². The van der Waals surface area contributed by atoms with E-state index in [9.17, 15) is 9.59 Å². The van der Waals surface area contributed by atoms with E-state index in [1.54, 1.807) is 25.1 Å². The molecular formula is C16H23N3O2. The Hall–Kier alpha value is -2.04. The van der Waals surface area contributed by atoms with Crippen LogP contribution in [-0.2, 0) is 0 Å². The minimum absolute atomic E-state index is 0.223. The molecule has 1 aliphatic rings. The molecule has 1 aliphatic carbocycles. The molecular weight excluding hydrogens is 266 g/mol. The average Bonchev–Trinajstić information content (AvgIpc) is 2.43. The first-order chi connectivity index (χ1) is 9.97. The molecule has 0 spiro atoms. The highest BCUT2D eigenvalue weighted by molar-refractivity contribution is 5.98. The predicted octanol–water partition coefficient (Wildman–Crippen LogP) is 2.79. The van der Waals surface area contributed by atoms with Crippen molar-refractivity contribution in [3.05, 3.63) is 29.3 Å². The molecule has 4 N–H and O–H groups in total. The number of hydrogen-bond donors (Lipinski definition) is 3. The van der Waals surface area contributed by atoms with Crippen molar-refractivity contribution in [2.45, 2.75) is 45.6 Å². The van der Waals surface area contributed by atoms with Crippen molar-refractivity contribution in [2.75, 3.05) is 5.32 Å². The highest BCUT2D eigenvalue weighted by atomic mass is 16.2. The number of nitrogens with two attached hydrogens (primary N) is 1. The molecule has 1 saturated carbocycles. The van der Waals surface area contributed by atoms with E-state index in [0.29, 0.717) is 16.8 Å². The highest BCUT2D eigenvalue weighted by Gasteiger charge is 2.20. The third-order valence-electron chi connectivity index (χ3n) is 4.20. The molecule has 0 aromatic heterocycles. The van der Waals surface area contributed by atoms with Crippen molar-refractivity contribution in [2.24, 2.45) is 11.7 Å². The standard InChI is InChI=1S/C16H23N3O2/c1-10-6-8-12(9-7-10)18-16(21)19-14-5-3-4-13(11(14)2)15(17)20/h3-5,10,12H,6-9H2,1-2H3,(H2,17,20)(H2,18,19,21). The van der Waals surface area contributed by atoms with Gasteiger partial charge in [0.15, 0.2) is 0 Å². The zero-order valence-corrected chi connectivity index (χ0v) is 12.6. The number of urea groups is 1. The SMILES string of the molecule is Cc1c(NC(=O)NC2CCC(C)CC2)cccc1C(N)=O. The van der Waals surface area contributed by atoms with E-state index in [0.717, 1.165) is 31.6 Å². The van der Waals surface area contributed by atoms with Gasteiger partial charge < -0.3 is 16.4 Å². The van der Waals surface area contributed by atoms with Gasteiger partial charge in [-0.05, 0) is 56.2 Å². The van der Waals surface area contributed by atoms with Crippen LogP contribution in [0.5, 0.6) is 0 Å². The van der Waals surface area contributed by atoms with Gasteiger partial charge in [0, 0.05) is 17.3 Å². The second-order valence-electron chi connectivity index (χ2n) is 5.90. The summed E-state index contributed by atoms with van der Waals surface area (Å²) in [5.41, 5.74) is 7.05. The quantitative estimate of drug-likeness (QED) is 0.799. The monoisotopic (exact) mass is 289 g/mol. The topological polar surface area (TPSA) is 84.2 Å². The summed E-state index contributed by atoms with van der Waals surface area (Å²) in [6.07, 6.45) is 4.35. The molecule has 0 bridgehead atoms. The number of benzene rings is 1. The van der Waals surface area contributed by atoms with Crippen LogP contribution < -0.4 is 16.4 Å². The molecule has 21 heavy (non-hydrogen) atoms. The first kappa shape index (κ1) is 15.4. The average molecular weight is 289 g/mol. The molecule has 3 amide bonds. The van der Waals surface area contributed by atoms with Gasteiger partial charge in [0.2, 0.25) is 5.91 Å². The molecule has 1 aromatic carbocycles. The molecule has 114 valence electrons. The summed E-state index contributed by atoms with van der Waals surface area (Å²) in [7, 11) is 0. The normalized spacial score (nSPS) is 21.6. The Labute approximate surface area is 125 Å². The van der Waals surface area contributed by atoms with Gasteiger partial charge in [-0.3, -0.25) is 4.79 Å². The molecule has 5 nitrogen and oxygen atoms in total. The molecule has 0 radical (unpaired) electrons. The minimum Gasteiger partial charge on any atom is -0.366 e. The van der Waals surface area contributed by atoms with Crippen LogP contribution in [0.2, 0.25) is 0 Å². The third kappa shape index (κ3) is 3.97. The second kappa shape index (κ2) is 6.61. The second-order valence-corrected chi connectivity index (χ2v) is 5.90. The van der Waals surface area contributed by atoms with Crippen LogP contribution in [0.1, 0.15) is 48.5 Å². The molecule has 0 unspecified atom stereocenters. The Kier molecular flexibility index (Phi) is 4.83. The van der Waals surface area contributed by atoms with E-state index in [1.807, 2.05) is 0 Å². The number of carbonyl (C=O) groups excluding carboxylic acids is 2. The van der Waals surface area contributed by atoms with Gasteiger partial charge in [-0.2, -0.15) is 0 Å². The van der Waals surface area contributed by atoms with Gasteiger partial charge in [-0.15, -0.1) is 0 Å². The molecule has 0 saturated heterocycles. The molecule has 2 rings (SSSR count). The number of nitrogens with one attached hydrogen (secondary N) is 2. The van der Waals surface area contributed by atoms with Gasteiger partial charge in [0.05, 0.1) is 0 Å². The fourth-order valence-corrected chi connectivity index (χ4v) is 2.79. The van der Waals surface area contributed by atoms with E-state index in [2.05, 4.69) is 17.6 Å². The van der Waals surface area contributed by atoms with Crippen molar-refractivity contribution >= 4 is 17.6 Å². The first-order valence-electron chi connectivity index (χ1n) is 7.44. The van der Waals surface area contributed by atoms with Crippen molar-refractivity contribution in [1.29, 1.82) is 0 Å². The maximum atomic E-state index is 12.1. The Morgan fingerprint density at radius 1 is 1.19 bits per heavy atom. The first-order valence-corrected chi connectivity index (χ1v) is 7.44. The smallest absolute Gasteiger partial charge is 0.319 e. The molecule has 0 atom stereocenters. The van der Waals surface area contributed by atoms with Gasteiger partial charge in [-0.1, -0.05) is 13.0 Å². The number of anilines is 1. The fraction of sp³-hybridized carbons (Fsp3) is 0.500. The molecule has 5 heteroatoms. The summed E-state index contributed by atoms with van der Waals surface area (Å²) >= 11 is 0. The lowest BCUT2D eigenvalue weighted by molar-refractivity contribution is 0.0999. The minimum atomic E-state index is -0.488. The van der Waals surface area contributed by atoms with Crippen LogP contribution in [0, 0.1) is 12.8 Å². The summed E-state index contributed by atoms with van der Waals surface area (Å²) < 4.78 is 0. The number of hydrogen-bond acceptors (Lipinski definition) is 2. The highest BCUT2D eigenvalue weighted by Crippen LogP contribution is 2.24. The molecule has 1 aromatic rings. The summed E-state index contributed by atoms with van der Waals surface area (Å²) in [5, 5.41) is 5.80. The Morgan fingerprint density at radius 2 is 1.86 bits per heavy atom. The lowest BCUT2D eigenvalue weighted by Gasteiger charge is -2.27.